The van der Waals surface area contributed by atoms with Gasteiger partial charge in [0.25, 0.3) is 0 Å². The Morgan fingerprint density at radius 3 is 2.72 bits per heavy atom. The number of nitrogens with one attached hydrogen (secondary N) is 1. The van der Waals surface area contributed by atoms with Crippen LogP contribution in [-0.2, 0) is 0 Å². The number of halogens is 2. The van der Waals surface area contributed by atoms with Crippen LogP contribution in [0.4, 0.5) is 0 Å². The van der Waals surface area contributed by atoms with Crippen molar-refractivity contribution in [3.63, 3.8) is 0 Å². The molecule has 5 aromatic rings. The lowest BCUT2D eigenvalue weighted by Gasteiger charge is -2.08. The van der Waals surface area contributed by atoms with E-state index in [1.165, 1.54) is 10.8 Å². The summed E-state index contributed by atoms with van der Waals surface area (Å²) in [5.74, 6) is 0. The van der Waals surface area contributed by atoms with Gasteiger partial charge in [0.15, 0.2) is 5.65 Å². The monoisotopic (exact) mass is 454 g/mol. The van der Waals surface area contributed by atoms with Crippen molar-refractivity contribution in [1.29, 1.82) is 0 Å². The number of aromatic amines is 1. The molecule has 6 heteroatoms. The second kappa shape index (κ2) is 5.41. The largest absolute Gasteiger partial charge is 0.354 e. The van der Waals surface area contributed by atoms with Crippen molar-refractivity contribution >= 4 is 59.3 Å². The Kier molecular flexibility index (Phi) is 3.27. The van der Waals surface area contributed by atoms with Crippen LogP contribution in [0.15, 0.2) is 57.9 Å². The van der Waals surface area contributed by atoms with Gasteiger partial charge < -0.3 is 4.98 Å². The number of nitrogens with zero attached hydrogens (tertiary/aromatic N) is 3. The molecule has 0 aliphatic rings. The number of fused-ring (bicyclic) bond motifs is 4. The van der Waals surface area contributed by atoms with E-state index in [0.29, 0.717) is 0 Å². The Morgan fingerprint density at radius 1 is 1.00 bits per heavy atom. The van der Waals surface area contributed by atoms with Crippen LogP contribution in [0.3, 0.4) is 0 Å². The minimum atomic E-state index is 0.886. The van der Waals surface area contributed by atoms with Gasteiger partial charge in [-0.3, -0.25) is 0 Å². The van der Waals surface area contributed by atoms with E-state index in [-0.39, 0.29) is 0 Å². The predicted molar refractivity (Wildman–Crippen MR) is 108 cm³/mol. The number of rotatable bonds is 1. The first kappa shape index (κ1) is 15.1. The third-order valence-electron chi connectivity index (χ3n) is 4.52. The van der Waals surface area contributed by atoms with Crippen molar-refractivity contribution in [1.82, 2.24) is 19.6 Å². The summed E-state index contributed by atoms with van der Waals surface area (Å²) in [4.78, 5) is 7.80. The molecule has 3 aromatic heterocycles. The Labute approximate surface area is 160 Å². The maximum atomic E-state index is 4.29. The molecular weight excluding hydrogens is 444 g/mol. The van der Waals surface area contributed by atoms with E-state index in [9.17, 15) is 0 Å². The zero-order valence-corrected chi connectivity index (χ0v) is 16.4. The van der Waals surface area contributed by atoms with Crippen LogP contribution >= 0.6 is 31.9 Å². The maximum Gasteiger partial charge on any atom is 0.158 e. The topological polar surface area (TPSA) is 46.0 Å². The van der Waals surface area contributed by atoms with E-state index in [1.807, 2.05) is 10.7 Å². The quantitative estimate of drug-likeness (QED) is 0.343. The highest BCUT2D eigenvalue weighted by Gasteiger charge is 2.12. The number of aryl methyl sites for hydroxylation is 1. The van der Waals surface area contributed by atoms with Crippen molar-refractivity contribution in [2.24, 2.45) is 0 Å². The van der Waals surface area contributed by atoms with Crippen LogP contribution in [0.5, 0.6) is 0 Å². The summed E-state index contributed by atoms with van der Waals surface area (Å²) in [6.07, 6.45) is 3.60. The summed E-state index contributed by atoms with van der Waals surface area (Å²) in [5.41, 5.74) is 6.45. The van der Waals surface area contributed by atoms with E-state index in [0.717, 1.165) is 42.3 Å². The van der Waals surface area contributed by atoms with Crippen LogP contribution in [0.25, 0.3) is 38.6 Å². The van der Waals surface area contributed by atoms with Crippen LogP contribution in [0.2, 0.25) is 0 Å². The molecule has 4 nitrogen and oxygen atoms in total. The molecule has 25 heavy (non-hydrogen) atoms. The molecule has 0 bridgehead atoms. The molecule has 0 aliphatic carbocycles. The van der Waals surface area contributed by atoms with Crippen LogP contribution in [-0.4, -0.2) is 19.6 Å². The number of H-pyrrole nitrogens is 1. The Morgan fingerprint density at radius 2 is 1.84 bits per heavy atom. The predicted octanol–water partition coefficient (Wildman–Crippen LogP) is 5.86. The first-order valence-corrected chi connectivity index (χ1v) is 9.39. The van der Waals surface area contributed by atoms with Crippen molar-refractivity contribution in [3.05, 3.63) is 63.4 Å². The molecule has 0 spiro atoms. The average Bonchev–Trinajstić information content (AvgIpc) is 3.18. The highest BCUT2D eigenvalue weighted by Crippen LogP contribution is 2.36. The van der Waals surface area contributed by atoms with Gasteiger partial charge in [0.2, 0.25) is 0 Å². The van der Waals surface area contributed by atoms with Gasteiger partial charge in [0, 0.05) is 42.5 Å². The lowest BCUT2D eigenvalue weighted by atomic mass is 10.0. The standard InChI is InChI=1S/C19H12Br2N4/c1-10-4-11(8-25-19(10)22-9-23-25)13-7-18-15(6-16(13)21)14-5-12(20)2-3-17(14)24-18/h2-9,24H,1H3. The average molecular weight is 456 g/mol. The summed E-state index contributed by atoms with van der Waals surface area (Å²) >= 11 is 7.31. The maximum absolute atomic E-state index is 4.29. The van der Waals surface area contributed by atoms with E-state index in [4.69, 9.17) is 0 Å². The summed E-state index contributed by atoms with van der Waals surface area (Å²) in [7, 11) is 0. The van der Waals surface area contributed by atoms with Gasteiger partial charge in [-0.15, -0.1) is 0 Å². The molecule has 3 heterocycles. The molecule has 0 saturated carbocycles. The van der Waals surface area contributed by atoms with Gasteiger partial charge in [-0.1, -0.05) is 31.9 Å². The summed E-state index contributed by atoms with van der Waals surface area (Å²) in [5, 5.41) is 6.69. The molecule has 0 radical (unpaired) electrons. The molecule has 0 amide bonds. The fraction of sp³-hybridized carbons (Fsp3) is 0.0526. The molecule has 5 rings (SSSR count). The first-order valence-electron chi connectivity index (χ1n) is 7.81. The van der Waals surface area contributed by atoms with E-state index < -0.39 is 0 Å². The van der Waals surface area contributed by atoms with Gasteiger partial charge in [0.05, 0.1) is 0 Å². The minimum Gasteiger partial charge on any atom is -0.354 e. The molecule has 0 atom stereocenters. The van der Waals surface area contributed by atoms with Gasteiger partial charge >= 0.3 is 0 Å². The van der Waals surface area contributed by atoms with Gasteiger partial charge in [-0.05, 0) is 54.4 Å². The number of pyridine rings is 1. The summed E-state index contributed by atoms with van der Waals surface area (Å²) in [6.45, 7) is 2.06. The third-order valence-corrected chi connectivity index (χ3v) is 5.67. The molecule has 0 saturated heterocycles. The molecule has 2 aromatic carbocycles. The zero-order chi connectivity index (χ0) is 17.1. The van der Waals surface area contributed by atoms with Crippen LogP contribution in [0, 0.1) is 6.92 Å². The second-order valence-corrected chi connectivity index (χ2v) is 7.90. The summed E-state index contributed by atoms with van der Waals surface area (Å²) < 4.78 is 3.96. The first-order chi connectivity index (χ1) is 12.1. The highest BCUT2D eigenvalue weighted by molar-refractivity contribution is 9.10. The Balaban J connectivity index is 1.80. The number of benzene rings is 2. The minimum absolute atomic E-state index is 0.886. The Hall–Kier alpha value is -2.18. The Bertz CT molecular complexity index is 1280. The van der Waals surface area contributed by atoms with Crippen molar-refractivity contribution in [2.75, 3.05) is 0 Å². The zero-order valence-electron chi connectivity index (χ0n) is 13.2. The molecule has 0 fully saturated rings. The van der Waals surface area contributed by atoms with Crippen molar-refractivity contribution < 1.29 is 0 Å². The number of aromatic nitrogens is 4. The van der Waals surface area contributed by atoms with Gasteiger partial charge in [0.1, 0.15) is 6.33 Å². The smallest absolute Gasteiger partial charge is 0.158 e. The number of hydrogen-bond donors (Lipinski definition) is 1. The lowest BCUT2D eigenvalue weighted by molar-refractivity contribution is 0.957. The molecule has 1 N–H and O–H groups in total. The van der Waals surface area contributed by atoms with Crippen molar-refractivity contribution in [3.8, 4) is 11.1 Å². The van der Waals surface area contributed by atoms with Crippen LogP contribution < -0.4 is 0 Å². The number of hydrogen-bond acceptors (Lipinski definition) is 2. The normalized spacial score (nSPS) is 11.8. The molecular formula is C19H12Br2N4. The summed E-state index contributed by atoms with van der Waals surface area (Å²) in [6, 6.07) is 12.8. The van der Waals surface area contributed by atoms with E-state index in [2.05, 4.69) is 90.2 Å². The fourth-order valence-corrected chi connectivity index (χ4v) is 4.29. The van der Waals surface area contributed by atoms with Gasteiger partial charge in [-0.25, -0.2) is 9.50 Å². The van der Waals surface area contributed by atoms with Crippen molar-refractivity contribution in [2.45, 2.75) is 6.92 Å². The molecule has 122 valence electrons. The lowest BCUT2D eigenvalue weighted by Crippen LogP contribution is -1.92. The van der Waals surface area contributed by atoms with Gasteiger partial charge in [-0.2, -0.15) is 5.10 Å². The van der Waals surface area contributed by atoms with Crippen LogP contribution in [0.1, 0.15) is 5.56 Å². The molecule has 0 aliphatic heterocycles. The van der Waals surface area contributed by atoms with E-state index >= 15 is 0 Å². The van der Waals surface area contributed by atoms with E-state index in [1.54, 1.807) is 6.33 Å². The highest BCUT2D eigenvalue weighted by atomic mass is 79.9. The fourth-order valence-electron chi connectivity index (χ4n) is 3.36. The molecule has 0 unspecified atom stereocenters. The SMILES string of the molecule is Cc1cc(-c2cc3[nH]c4ccc(Br)cc4c3cc2Br)cn2ncnc12. The third kappa shape index (κ3) is 2.32. The second-order valence-electron chi connectivity index (χ2n) is 6.13.